The molecule has 0 aliphatic carbocycles. The molecular weight excluding hydrogens is 544 g/mol. The maximum Gasteiger partial charge on any atom is 0.355 e. The molecule has 1 aliphatic rings. The number of allylic oxidation sites excluding steroid dienone is 1. The number of ether oxygens (including phenoxy) is 2. The molecule has 0 radical (unpaired) electrons. The van der Waals surface area contributed by atoms with Gasteiger partial charge >= 0.3 is 11.9 Å². The Balaban J connectivity index is 2.23. The van der Waals surface area contributed by atoms with Crippen molar-refractivity contribution in [2.24, 2.45) is 17.6 Å². The van der Waals surface area contributed by atoms with E-state index in [0.717, 1.165) is 7.11 Å². The number of hydrogen-bond acceptors (Lipinski definition) is 9. The molecule has 2 N–H and O–H groups in total. The summed E-state index contributed by atoms with van der Waals surface area (Å²) in [6, 6.07) is 16.5. The number of benzene rings is 2. The van der Waals surface area contributed by atoms with Gasteiger partial charge in [0.2, 0.25) is 10.0 Å². The number of hydrogen-bond donors (Lipinski definition) is 1. The molecule has 0 saturated carbocycles. The summed E-state index contributed by atoms with van der Waals surface area (Å²) < 4.78 is 38.6. The minimum absolute atomic E-state index is 0.0148. The Kier molecular flexibility index (Phi) is 9.97. The lowest BCUT2D eigenvalue weighted by Crippen LogP contribution is -2.40. The molecule has 1 aliphatic heterocycles. The van der Waals surface area contributed by atoms with Gasteiger partial charge in [-0.05, 0) is 41.7 Å². The predicted molar refractivity (Wildman–Crippen MR) is 154 cm³/mol. The zero-order chi connectivity index (χ0) is 30.5. The van der Waals surface area contributed by atoms with Gasteiger partial charge in [-0.2, -0.15) is 9.57 Å². The van der Waals surface area contributed by atoms with Gasteiger partial charge in [0.25, 0.3) is 0 Å². The lowest BCUT2D eigenvalue weighted by molar-refractivity contribution is -0.139. The van der Waals surface area contributed by atoms with Crippen LogP contribution in [0.25, 0.3) is 0 Å². The average molecular weight is 581 g/mol. The van der Waals surface area contributed by atoms with E-state index in [9.17, 15) is 23.3 Å². The Morgan fingerprint density at radius 1 is 0.951 bits per heavy atom. The topological polar surface area (TPSA) is 143 Å². The van der Waals surface area contributed by atoms with E-state index < -0.39 is 27.9 Å². The maximum atomic E-state index is 13.5. The molecule has 0 spiro atoms. The molecule has 2 aromatic rings. The third kappa shape index (κ3) is 6.45. The minimum atomic E-state index is -3.83. The fourth-order valence-corrected chi connectivity index (χ4v) is 6.55. The summed E-state index contributed by atoms with van der Waals surface area (Å²) >= 11 is 0. The molecule has 3 rings (SSSR count). The predicted octanol–water partition coefficient (Wildman–Crippen LogP) is 3.89. The molecule has 10 nitrogen and oxygen atoms in total. The van der Waals surface area contributed by atoms with Gasteiger partial charge in [0, 0.05) is 18.8 Å². The molecule has 2 aromatic carbocycles. The van der Waals surface area contributed by atoms with Crippen molar-refractivity contribution in [1.82, 2.24) is 4.31 Å². The molecule has 0 fully saturated rings. The summed E-state index contributed by atoms with van der Waals surface area (Å²) in [6.45, 7) is 8.51. The van der Waals surface area contributed by atoms with Crippen LogP contribution in [0, 0.1) is 23.2 Å². The van der Waals surface area contributed by atoms with Crippen molar-refractivity contribution in [3.05, 3.63) is 82.8 Å². The molecule has 41 heavy (non-hydrogen) atoms. The quantitative estimate of drug-likeness (QED) is 0.414. The van der Waals surface area contributed by atoms with Crippen LogP contribution in [0.5, 0.6) is 0 Å². The van der Waals surface area contributed by atoms with Crippen LogP contribution < -0.4 is 10.6 Å². The van der Waals surface area contributed by atoms with Crippen molar-refractivity contribution >= 4 is 27.6 Å². The van der Waals surface area contributed by atoms with Gasteiger partial charge in [-0.25, -0.2) is 18.0 Å². The van der Waals surface area contributed by atoms with E-state index in [0.29, 0.717) is 18.7 Å². The molecule has 0 saturated heterocycles. The number of esters is 2. The van der Waals surface area contributed by atoms with Gasteiger partial charge in [-0.1, -0.05) is 58.0 Å². The highest BCUT2D eigenvalue weighted by molar-refractivity contribution is 7.89. The second kappa shape index (κ2) is 13.0. The highest BCUT2D eigenvalue weighted by atomic mass is 32.2. The van der Waals surface area contributed by atoms with Crippen LogP contribution in [0.3, 0.4) is 0 Å². The summed E-state index contributed by atoms with van der Waals surface area (Å²) in [5.74, 6) is -2.60. The number of nitrogens with zero attached hydrogens (tertiary/aromatic N) is 3. The van der Waals surface area contributed by atoms with E-state index in [2.05, 4.69) is 6.07 Å². The van der Waals surface area contributed by atoms with Crippen molar-refractivity contribution in [1.29, 1.82) is 5.26 Å². The Morgan fingerprint density at radius 2 is 1.49 bits per heavy atom. The van der Waals surface area contributed by atoms with Gasteiger partial charge < -0.3 is 15.2 Å². The van der Waals surface area contributed by atoms with E-state index in [1.807, 2.05) is 27.7 Å². The van der Waals surface area contributed by atoms with Gasteiger partial charge in [0.15, 0.2) is 0 Å². The van der Waals surface area contributed by atoms with Crippen molar-refractivity contribution in [2.45, 2.75) is 38.5 Å². The number of nitrogens with two attached hydrogens (primary N) is 1. The van der Waals surface area contributed by atoms with Crippen molar-refractivity contribution in [3.63, 3.8) is 0 Å². The third-order valence-electron chi connectivity index (χ3n) is 6.48. The standard InChI is InChI=1S/C30H36N4O6S/c1-19(2)17-33(18-20(3)4)41(37,38)23-14-12-22(13-15-23)34-27(30(36)40-6)26(29(35)39-5)25(24(16-31)28(34)32)21-10-8-7-9-11-21/h7-15,19-20,25H,17-18,32H2,1-6H3. The summed E-state index contributed by atoms with van der Waals surface area (Å²) in [7, 11) is -1.50. The molecule has 0 aromatic heterocycles. The molecule has 1 atom stereocenters. The first-order valence-corrected chi connectivity index (χ1v) is 14.6. The molecule has 218 valence electrons. The van der Waals surface area contributed by atoms with E-state index in [-0.39, 0.29) is 45.1 Å². The second-order valence-corrected chi connectivity index (χ2v) is 12.4. The highest BCUT2D eigenvalue weighted by Crippen LogP contribution is 2.43. The van der Waals surface area contributed by atoms with Crippen LogP contribution in [-0.2, 0) is 29.1 Å². The zero-order valence-electron chi connectivity index (χ0n) is 24.1. The number of carbonyl (C=O) groups is 2. The largest absolute Gasteiger partial charge is 0.466 e. The van der Waals surface area contributed by atoms with E-state index in [1.54, 1.807) is 30.3 Å². The third-order valence-corrected chi connectivity index (χ3v) is 8.33. The Labute approximate surface area is 241 Å². The van der Waals surface area contributed by atoms with Gasteiger partial charge in [-0.15, -0.1) is 0 Å². The van der Waals surface area contributed by atoms with Crippen LogP contribution in [0.4, 0.5) is 5.69 Å². The zero-order valence-corrected chi connectivity index (χ0v) is 24.9. The first kappa shape index (κ1) is 31.4. The Bertz CT molecular complexity index is 1480. The van der Waals surface area contributed by atoms with Crippen molar-refractivity contribution in [2.75, 3.05) is 32.2 Å². The summed E-state index contributed by atoms with van der Waals surface area (Å²) in [4.78, 5) is 27.7. The number of methoxy groups -OCH3 is 2. The average Bonchev–Trinajstić information content (AvgIpc) is 2.95. The molecule has 0 amide bonds. The summed E-state index contributed by atoms with van der Waals surface area (Å²) in [5.41, 5.74) is 6.97. The lowest BCUT2D eigenvalue weighted by Gasteiger charge is -2.36. The Hall–Kier alpha value is -4.14. The number of rotatable bonds is 10. The van der Waals surface area contributed by atoms with Gasteiger partial charge in [0.1, 0.15) is 11.5 Å². The van der Waals surface area contributed by atoms with Crippen LogP contribution in [0.2, 0.25) is 0 Å². The van der Waals surface area contributed by atoms with Crippen molar-refractivity contribution in [3.8, 4) is 6.07 Å². The van der Waals surface area contributed by atoms with E-state index in [4.69, 9.17) is 15.2 Å². The first-order chi connectivity index (χ1) is 19.4. The van der Waals surface area contributed by atoms with Gasteiger partial charge in [0.05, 0.1) is 42.2 Å². The van der Waals surface area contributed by atoms with Crippen molar-refractivity contribution < 1.29 is 27.5 Å². The molecular formula is C30H36N4O6S. The normalized spacial score (nSPS) is 15.9. The van der Waals surface area contributed by atoms with Crippen LogP contribution in [0.1, 0.15) is 39.2 Å². The summed E-state index contributed by atoms with van der Waals surface area (Å²) in [6.07, 6.45) is 0. The SMILES string of the molecule is COC(=O)C1=C(C(=O)OC)N(c2ccc(S(=O)(=O)N(CC(C)C)CC(C)C)cc2)C(N)=C(C#N)C1c1ccccc1. The molecule has 1 unspecified atom stereocenters. The summed E-state index contributed by atoms with van der Waals surface area (Å²) in [5, 5.41) is 10.2. The fourth-order valence-electron chi connectivity index (χ4n) is 4.78. The smallest absolute Gasteiger partial charge is 0.355 e. The number of carbonyl (C=O) groups excluding carboxylic acids is 2. The number of anilines is 1. The monoisotopic (exact) mass is 580 g/mol. The number of sulfonamides is 1. The lowest BCUT2D eigenvalue weighted by atomic mass is 9.81. The molecule has 11 heteroatoms. The minimum Gasteiger partial charge on any atom is -0.466 e. The maximum absolute atomic E-state index is 13.5. The van der Waals surface area contributed by atoms with E-state index in [1.165, 1.54) is 40.6 Å². The van der Waals surface area contributed by atoms with Crippen LogP contribution in [0.15, 0.2) is 82.2 Å². The highest BCUT2D eigenvalue weighted by Gasteiger charge is 2.43. The van der Waals surface area contributed by atoms with E-state index >= 15 is 0 Å². The van der Waals surface area contributed by atoms with Crippen LogP contribution >= 0.6 is 0 Å². The van der Waals surface area contributed by atoms with Gasteiger partial charge in [-0.3, -0.25) is 4.90 Å². The molecule has 0 bridgehead atoms. The number of nitriles is 1. The second-order valence-electron chi connectivity index (χ2n) is 10.4. The first-order valence-electron chi connectivity index (χ1n) is 13.1. The fraction of sp³-hybridized carbons (Fsp3) is 0.367. The molecule has 1 heterocycles. The van der Waals surface area contributed by atoms with Crippen LogP contribution in [-0.4, -0.2) is 52.0 Å². The Morgan fingerprint density at radius 3 is 1.95 bits per heavy atom.